The van der Waals surface area contributed by atoms with Crippen molar-refractivity contribution in [2.24, 2.45) is 0 Å². The van der Waals surface area contributed by atoms with Gasteiger partial charge in [0.05, 0.1) is 18.8 Å². The predicted molar refractivity (Wildman–Crippen MR) is 355 cm³/mol. The van der Waals surface area contributed by atoms with Gasteiger partial charge in [0.25, 0.3) is 0 Å². The Morgan fingerprint density at radius 3 is 0.658 bits per heavy atom. The third-order valence-electron chi connectivity index (χ3n) is 18.0. The van der Waals surface area contributed by atoms with Gasteiger partial charge in [-0.05, 0) is 19.3 Å². The molecular formula is C75H149NO3. The second-order valence-corrected chi connectivity index (χ2v) is 26.1. The number of aliphatic hydroxyl groups excluding tert-OH is 2. The fourth-order valence-electron chi connectivity index (χ4n) is 12.4. The van der Waals surface area contributed by atoms with E-state index >= 15 is 0 Å². The number of aliphatic hydroxyl groups is 2. The molecule has 0 aromatic carbocycles. The quantitative estimate of drug-likeness (QED) is 0.0420. The topological polar surface area (TPSA) is 69.6 Å². The number of hydrogen-bond donors (Lipinski definition) is 3. The SMILES string of the molecule is CCCCCCCCCCCCCCCCCCCCCCCCCCC/C=C/C(O)C(CO)NC(=O)CCCCCCCCCCCCCCCCCCCCCCCCCCCCCCCCCCCCCCCCCC. The molecule has 0 heterocycles. The monoisotopic (exact) mass is 1110 g/mol. The van der Waals surface area contributed by atoms with Gasteiger partial charge in [-0.1, -0.05) is 431 Å². The van der Waals surface area contributed by atoms with Crippen molar-refractivity contribution in [2.45, 2.75) is 456 Å². The summed E-state index contributed by atoms with van der Waals surface area (Å²) in [5.41, 5.74) is 0. The summed E-state index contributed by atoms with van der Waals surface area (Å²) in [4.78, 5) is 12.6. The molecule has 0 aromatic rings. The van der Waals surface area contributed by atoms with Crippen molar-refractivity contribution in [1.82, 2.24) is 5.32 Å². The molecule has 4 nitrogen and oxygen atoms in total. The van der Waals surface area contributed by atoms with E-state index in [0.29, 0.717) is 6.42 Å². The molecule has 0 fully saturated rings. The first-order valence-electron chi connectivity index (χ1n) is 37.4. The lowest BCUT2D eigenvalue weighted by Crippen LogP contribution is -2.45. The summed E-state index contributed by atoms with van der Waals surface area (Å²) in [6, 6.07) is -0.620. The molecule has 0 aliphatic rings. The minimum atomic E-state index is -0.837. The lowest BCUT2D eigenvalue weighted by Gasteiger charge is -2.20. The van der Waals surface area contributed by atoms with Crippen LogP contribution in [-0.2, 0) is 4.79 Å². The zero-order valence-electron chi connectivity index (χ0n) is 54.7. The minimum Gasteiger partial charge on any atom is -0.394 e. The van der Waals surface area contributed by atoms with Crippen LogP contribution >= 0.6 is 0 Å². The van der Waals surface area contributed by atoms with E-state index in [1.165, 1.54) is 398 Å². The molecular weight excluding hydrogens is 963 g/mol. The molecule has 2 atom stereocenters. The van der Waals surface area contributed by atoms with E-state index < -0.39 is 12.1 Å². The molecule has 4 heteroatoms. The van der Waals surface area contributed by atoms with Gasteiger partial charge in [0, 0.05) is 6.42 Å². The number of nitrogens with one attached hydrogen (secondary N) is 1. The predicted octanol–water partition coefficient (Wildman–Crippen LogP) is 25.6. The Hall–Kier alpha value is -0.870. The molecule has 472 valence electrons. The average Bonchev–Trinajstić information content (AvgIpc) is 3.45. The van der Waals surface area contributed by atoms with Crippen molar-refractivity contribution in [3.63, 3.8) is 0 Å². The third-order valence-corrected chi connectivity index (χ3v) is 18.0. The molecule has 0 spiro atoms. The Morgan fingerprint density at radius 1 is 0.291 bits per heavy atom. The molecule has 0 bridgehead atoms. The van der Waals surface area contributed by atoms with E-state index in [1.807, 2.05) is 6.08 Å². The van der Waals surface area contributed by atoms with Crippen LogP contribution in [-0.4, -0.2) is 34.9 Å². The van der Waals surface area contributed by atoms with Crippen molar-refractivity contribution in [1.29, 1.82) is 0 Å². The average molecular weight is 1110 g/mol. The van der Waals surface area contributed by atoms with Gasteiger partial charge in [-0.15, -0.1) is 0 Å². The van der Waals surface area contributed by atoms with Gasteiger partial charge in [-0.2, -0.15) is 0 Å². The zero-order valence-corrected chi connectivity index (χ0v) is 54.7. The van der Waals surface area contributed by atoms with Crippen molar-refractivity contribution >= 4 is 5.91 Å². The number of carbonyl (C=O) groups excluding carboxylic acids is 1. The molecule has 0 rings (SSSR count). The Labute approximate surface area is 498 Å². The summed E-state index contributed by atoms with van der Waals surface area (Å²) in [6.45, 7) is 4.37. The van der Waals surface area contributed by atoms with Crippen LogP contribution < -0.4 is 5.32 Å². The Morgan fingerprint density at radius 2 is 0.468 bits per heavy atom. The highest BCUT2D eigenvalue weighted by Crippen LogP contribution is 2.20. The summed E-state index contributed by atoms with van der Waals surface area (Å²) in [5.74, 6) is -0.0524. The second kappa shape index (κ2) is 71.4. The Balaban J connectivity index is 3.36. The number of amides is 1. The van der Waals surface area contributed by atoms with Gasteiger partial charge in [-0.25, -0.2) is 0 Å². The van der Waals surface area contributed by atoms with E-state index in [-0.39, 0.29) is 12.5 Å². The van der Waals surface area contributed by atoms with Crippen molar-refractivity contribution in [2.75, 3.05) is 6.61 Å². The summed E-state index contributed by atoms with van der Waals surface area (Å²) >= 11 is 0. The lowest BCUT2D eigenvalue weighted by molar-refractivity contribution is -0.123. The van der Waals surface area contributed by atoms with Crippen molar-refractivity contribution in [3.8, 4) is 0 Å². The summed E-state index contributed by atoms with van der Waals surface area (Å²) in [5, 5.41) is 23.3. The number of carbonyl (C=O) groups is 1. The van der Waals surface area contributed by atoms with Gasteiger partial charge in [0.15, 0.2) is 0 Å². The number of hydrogen-bond acceptors (Lipinski definition) is 3. The fraction of sp³-hybridized carbons (Fsp3) is 0.960. The molecule has 1 amide bonds. The van der Waals surface area contributed by atoms with Crippen molar-refractivity contribution in [3.05, 3.63) is 12.2 Å². The van der Waals surface area contributed by atoms with Crippen LogP contribution in [0.4, 0.5) is 0 Å². The largest absolute Gasteiger partial charge is 0.394 e. The lowest BCUT2D eigenvalue weighted by atomic mass is 10.0. The number of unbranched alkanes of at least 4 members (excludes halogenated alkanes) is 64. The second-order valence-electron chi connectivity index (χ2n) is 26.1. The van der Waals surface area contributed by atoms with Crippen LogP contribution in [0.2, 0.25) is 0 Å². The van der Waals surface area contributed by atoms with Gasteiger partial charge in [0.1, 0.15) is 0 Å². The minimum absolute atomic E-state index is 0.0524. The first-order valence-corrected chi connectivity index (χ1v) is 37.4. The first-order chi connectivity index (χ1) is 39.2. The van der Waals surface area contributed by atoms with Crippen LogP contribution in [0, 0.1) is 0 Å². The van der Waals surface area contributed by atoms with Crippen LogP contribution in [0.25, 0.3) is 0 Å². The molecule has 0 saturated carbocycles. The maximum Gasteiger partial charge on any atom is 0.220 e. The van der Waals surface area contributed by atoms with Gasteiger partial charge in [0.2, 0.25) is 5.91 Å². The standard InChI is InChI=1S/C75H149NO3/c1-3-5-7-9-11-13-15-17-19-21-23-25-27-29-31-32-33-34-35-36-37-38-39-40-41-42-43-45-47-49-51-53-55-57-59-61-63-65-67-69-71-75(79)76-73(72-77)74(78)70-68-66-64-62-60-58-56-54-52-50-48-46-44-30-28-26-24-22-20-18-16-14-12-10-8-6-4-2/h68,70,73-74,77-78H,3-67,69,71-72H2,1-2H3,(H,76,79)/b70-68+. The normalized spacial score (nSPS) is 12.6. The fourth-order valence-corrected chi connectivity index (χ4v) is 12.4. The van der Waals surface area contributed by atoms with E-state index in [9.17, 15) is 15.0 Å². The van der Waals surface area contributed by atoms with Crippen molar-refractivity contribution < 1.29 is 15.0 Å². The van der Waals surface area contributed by atoms with Crippen LogP contribution in [0.5, 0.6) is 0 Å². The molecule has 2 unspecified atom stereocenters. The highest BCUT2D eigenvalue weighted by molar-refractivity contribution is 5.76. The number of allylic oxidation sites excluding steroid dienone is 1. The molecule has 79 heavy (non-hydrogen) atoms. The van der Waals surface area contributed by atoms with Gasteiger partial charge >= 0.3 is 0 Å². The van der Waals surface area contributed by atoms with Gasteiger partial charge < -0.3 is 15.5 Å². The van der Waals surface area contributed by atoms with Crippen LogP contribution in [0.15, 0.2) is 12.2 Å². The molecule has 0 radical (unpaired) electrons. The Kier molecular flexibility index (Phi) is 70.6. The van der Waals surface area contributed by atoms with Gasteiger partial charge in [-0.3, -0.25) is 4.79 Å². The highest BCUT2D eigenvalue weighted by atomic mass is 16.3. The molecule has 0 aliphatic carbocycles. The zero-order chi connectivity index (χ0) is 56.9. The summed E-state index contributed by atoms with van der Waals surface area (Å²) in [7, 11) is 0. The van der Waals surface area contributed by atoms with Crippen LogP contribution in [0.1, 0.15) is 444 Å². The summed E-state index contributed by atoms with van der Waals surface area (Å²) < 4.78 is 0. The van der Waals surface area contributed by atoms with E-state index in [4.69, 9.17) is 0 Å². The van der Waals surface area contributed by atoms with E-state index in [2.05, 4.69) is 19.2 Å². The molecule has 0 saturated heterocycles. The smallest absolute Gasteiger partial charge is 0.220 e. The van der Waals surface area contributed by atoms with E-state index in [0.717, 1.165) is 25.7 Å². The first kappa shape index (κ1) is 78.1. The highest BCUT2D eigenvalue weighted by Gasteiger charge is 2.18. The van der Waals surface area contributed by atoms with Crippen LogP contribution in [0.3, 0.4) is 0 Å². The third kappa shape index (κ3) is 67.8. The maximum atomic E-state index is 12.6. The maximum absolute atomic E-state index is 12.6. The van der Waals surface area contributed by atoms with E-state index in [1.54, 1.807) is 6.08 Å². The Bertz CT molecular complexity index is 1120. The summed E-state index contributed by atoms with van der Waals surface area (Å²) in [6.07, 6.45) is 96.3. The molecule has 3 N–H and O–H groups in total. The molecule has 0 aromatic heterocycles. The molecule has 0 aliphatic heterocycles. The number of rotatable bonds is 71.